The Morgan fingerprint density at radius 2 is 1.90 bits per heavy atom. The molecule has 0 aliphatic carbocycles. The van der Waals surface area contributed by atoms with E-state index in [4.69, 9.17) is 19.4 Å². The lowest BCUT2D eigenvalue weighted by Crippen LogP contribution is -2.64. The number of carbonyl (C=O) groups excluding carboxylic acids is 4. The van der Waals surface area contributed by atoms with Gasteiger partial charge in [0.15, 0.2) is 9.84 Å². The molecule has 18 heteroatoms. The molecule has 0 saturated carbocycles. The Morgan fingerprint density at radius 1 is 1.16 bits per heavy atom. The predicted molar refractivity (Wildman–Crippen MR) is 241 cm³/mol. The number of aromatic nitrogens is 3. The molecular weight excluding hydrogens is 845 g/mol. The molecule has 4 atom stereocenters. The number of hydrogen-bond acceptors (Lipinski definition) is 12. The van der Waals surface area contributed by atoms with Gasteiger partial charge in [0.1, 0.15) is 18.1 Å². The number of cyclic esters (lactones) is 1. The van der Waals surface area contributed by atoms with Crippen molar-refractivity contribution in [2.75, 3.05) is 46.7 Å². The van der Waals surface area contributed by atoms with Gasteiger partial charge in [-0.05, 0) is 68.9 Å². The van der Waals surface area contributed by atoms with Gasteiger partial charge in [-0.1, -0.05) is 33.8 Å². The van der Waals surface area contributed by atoms with Crippen LogP contribution in [0.3, 0.4) is 0 Å². The van der Waals surface area contributed by atoms with Crippen LogP contribution in [-0.2, 0) is 53.1 Å². The standard InChI is InChI=1S/C45H60N8O8S2/c1-10-52-36-16-15-28-19-31(36)32(40(52)30-13-11-17-46-38(30)27(4)60-8)21-45(5,6)25-61-43(56)33-14-12-18-53(49-33)42(55)34(20-37-47-35(28)24-62-37)48-41(54)39(26(2)3)50(7)44(57)51-22-29(23-51)63(9,58)59/h11,13,15-17,19,24,26-27,29,33-34,39,49H,10,12,14,18,20-23,25H2,1-9H3,(H,48,54)/t27-,33-,34-,39?/m0/s1. The Labute approximate surface area is 373 Å². The summed E-state index contributed by atoms with van der Waals surface area (Å²) in [7, 11) is -0.130. The van der Waals surface area contributed by atoms with Crippen molar-refractivity contribution in [3.05, 3.63) is 58.2 Å². The van der Waals surface area contributed by atoms with Crippen LogP contribution in [0.2, 0.25) is 0 Å². The molecule has 2 N–H and O–H groups in total. The molecule has 2 fully saturated rings. The van der Waals surface area contributed by atoms with Gasteiger partial charge in [0.05, 0.1) is 40.1 Å². The molecule has 340 valence electrons. The van der Waals surface area contributed by atoms with Crippen molar-refractivity contribution in [3.63, 3.8) is 0 Å². The number of nitrogens with one attached hydrogen (secondary N) is 2. The second-order valence-corrected chi connectivity index (χ2v) is 21.5. The first kappa shape index (κ1) is 46.1. The van der Waals surface area contributed by atoms with E-state index >= 15 is 0 Å². The van der Waals surface area contributed by atoms with Crippen molar-refractivity contribution in [1.29, 1.82) is 0 Å². The average molecular weight is 905 g/mol. The summed E-state index contributed by atoms with van der Waals surface area (Å²) >= 11 is 1.38. The molecule has 0 radical (unpaired) electrons. The van der Waals surface area contributed by atoms with E-state index in [1.165, 1.54) is 33.2 Å². The number of amides is 4. The van der Waals surface area contributed by atoms with E-state index < -0.39 is 62.4 Å². The number of likely N-dealkylation sites (N-methyl/N-ethyl adjacent to an activating group) is 1. The maximum atomic E-state index is 14.5. The summed E-state index contributed by atoms with van der Waals surface area (Å²) in [4.78, 5) is 68.7. The van der Waals surface area contributed by atoms with E-state index in [-0.39, 0.29) is 38.1 Å². The third-order valence-electron chi connectivity index (χ3n) is 12.5. The Kier molecular flexibility index (Phi) is 13.4. The topological polar surface area (TPSA) is 185 Å². The van der Waals surface area contributed by atoms with E-state index in [0.29, 0.717) is 37.4 Å². The first-order chi connectivity index (χ1) is 29.8. The summed E-state index contributed by atoms with van der Waals surface area (Å²) in [6.45, 7) is 13.1. The van der Waals surface area contributed by atoms with E-state index in [0.717, 1.165) is 50.9 Å². The van der Waals surface area contributed by atoms with Gasteiger partial charge in [-0.3, -0.25) is 24.4 Å². The Morgan fingerprint density at radius 3 is 2.59 bits per heavy atom. The highest BCUT2D eigenvalue weighted by molar-refractivity contribution is 7.91. The quantitative estimate of drug-likeness (QED) is 0.215. The SMILES string of the molecule is CCn1c(-c2cccnc2[C@H](C)OC)c2c3cc(ccc31)-c1csc(n1)C[C@H](NC(=O)C(C(C)C)N(C)C(=O)N1CC(S(C)(=O)=O)C1)C(=O)N1CCC[C@H](N1)C(=O)OCC(C)(C)C2. The lowest BCUT2D eigenvalue weighted by molar-refractivity contribution is -0.155. The summed E-state index contributed by atoms with van der Waals surface area (Å²) in [5.74, 6) is -1.83. The maximum absolute atomic E-state index is 14.5. The third kappa shape index (κ3) is 9.49. The number of esters is 1. The summed E-state index contributed by atoms with van der Waals surface area (Å²) < 4.78 is 38.3. The van der Waals surface area contributed by atoms with Crippen molar-refractivity contribution < 1.29 is 37.1 Å². The monoisotopic (exact) mass is 904 g/mol. The number of nitrogens with zero attached hydrogens (tertiary/aromatic N) is 6. The number of hydrogen-bond donors (Lipinski definition) is 2. The number of likely N-dealkylation sites (tertiary alicyclic amines) is 1. The van der Waals surface area contributed by atoms with E-state index in [1.54, 1.807) is 13.3 Å². The summed E-state index contributed by atoms with van der Waals surface area (Å²) in [5, 5.41) is 7.30. The highest BCUT2D eigenvalue weighted by atomic mass is 32.2. The van der Waals surface area contributed by atoms with Gasteiger partial charge in [0.25, 0.3) is 5.91 Å². The zero-order valence-corrected chi connectivity index (χ0v) is 39.3. The van der Waals surface area contributed by atoms with Crippen LogP contribution in [0.25, 0.3) is 33.4 Å². The number of pyridine rings is 1. The number of thiazole rings is 1. The second kappa shape index (κ2) is 18.3. The van der Waals surface area contributed by atoms with Crippen LogP contribution >= 0.6 is 11.3 Å². The van der Waals surface area contributed by atoms with Gasteiger partial charge >= 0.3 is 12.0 Å². The molecular formula is C45H60N8O8S2. The van der Waals surface area contributed by atoms with E-state index in [1.807, 2.05) is 38.3 Å². The highest BCUT2D eigenvalue weighted by Gasteiger charge is 2.43. The van der Waals surface area contributed by atoms with Crippen LogP contribution in [0.4, 0.5) is 4.79 Å². The molecule has 7 rings (SSSR count). The molecule has 0 spiro atoms. The van der Waals surface area contributed by atoms with Crippen LogP contribution in [0.5, 0.6) is 0 Å². The fraction of sp³-hybridized carbons (Fsp3) is 0.556. The van der Waals surface area contributed by atoms with Gasteiger partial charge in [-0.25, -0.2) is 23.6 Å². The molecule has 1 unspecified atom stereocenters. The highest BCUT2D eigenvalue weighted by Crippen LogP contribution is 2.42. The molecule has 3 aliphatic rings. The normalized spacial score (nSPS) is 20.8. The maximum Gasteiger partial charge on any atom is 0.324 e. The minimum atomic E-state index is -3.32. The molecule has 3 aliphatic heterocycles. The predicted octanol–water partition coefficient (Wildman–Crippen LogP) is 5.01. The van der Waals surface area contributed by atoms with Crippen LogP contribution in [0.1, 0.15) is 76.8 Å². The summed E-state index contributed by atoms with van der Waals surface area (Å²) in [6.07, 6.45) is 4.26. The minimum Gasteiger partial charge on any atom is -0.464 e. The molecule has 4 amide bonds. The number of rotatable bonds is 9. The van der Waals surface area contributed by atoms with Gasteiger partial charge in [-0.2, -0.15) is 0 Å². The van der Waals surface area contributed by atoms with Crippen molar-refractivity contribution in [2.45, 2.75) is 103 Å². The van der Waals surface area contributed by atoms with Gasteiger partial charge in [-0.15, -0.1) is 11.3 Å². The van der Waals surface area contributed by atoms with E-state index in [2.05, 4.69) is 54.3 Å². The number of ether oxygens (including phenoxy) is 2. The first-order valence-corrected chi connectivity index (χ1v) is 24.5. The number of sulfone groups is 1. The fourth-order valence-corrected chi connectivity index (χ4v) is 10.7. The number of hydrazine groups is 1. The molecule has 16 nitrogen and oxygen atoms in total. The minimum absolute atomic E-state index is 0.0442. The van der Waals surface area contributed by atoms with E-state index in [9.17, 15) is 27.6 Å². The first-order valence-electron chi connectivity index (χ1n) is 21.6. The smallest absolute Gasteiger partial charge is 0.324 e. The van der Waals surface area contributed by atoms with Crippen LogP contribution in [0.15, 0.2) is 41.9 Å². The van der Waals surface area contributed by atoms with Crippen LogP contribution < -0.4 is 10.7 Å². The Hall–Kier alpha value is -4.91. The van der Waals surface area contributed by atoms with Gasteiger partial charge in [0.2, 0.25) is 5.91 Å². The number of aryl methyl sites for hydroxylation is 1. The largest absolute Gasteiger partial charge is 0.464 e. The molecule has 4 aromatic rings. The Balaban J connectivity index is 1.27. The number of methoxy groups -OCH3 is 1. The fourth-order valence-electron chi connectivity index (χ4n) is 8.95. The number of fused-ring (bicyclic) bond motifs is 6. The Bertz CT molecular complexity index is 2490. The van der Waals surface area contributed by atoms with Crippen molar-refractivity contribution in [2.24, 2.45) is 11.3 Å². The molecule has 6 bridgehead atoms. The molecule has 2 saturated heterocycles. The lowest BCUT2D eigenvalue weighted by Gasteiger charge is -2.42. The average Bonchev–Trinajstić information content (AvgIpc) is 3.82. The number of carbonyl (C=O) groups is 4. The lowest BCUT2D eigenvalue weighted by atomic mass is 9.84. The van der Waals surface area contributed by atoms with Crippen molar-refractivity contribution >= 4 is 55.9 Å². The van der Waals surface area contributed by atoms with Gasteiger partial charge < -0.3 is 29.2 Å². The second-order valence-electron chi connectivity index (χ2n) is 18.2. The molecule has 63 heavy (non-hydrogen) atoms. The third-order valence-corrected chi connectivity index (χ3v) is 14.9. The van der Waals surface area contributed by atoms with Gasteiger partial charge in [0, 0.05) is 92.0 Å². The molecule has 6 heterocycles. The summed E-state index contributed by atoms with van der Waals surface area (Å²) in [5.41, 5.74) is 9.14. The summed E-state index contributed by atoms with van der Waals surface area (Å²) in [6, 6.07) is 6.97. The molecule has 1 aromatic carbocycles. The number of urea groups is 1. The zero-order chi connectivity index (χ0) is 45.5. The van der Waals surface area contributed by atoms with Crippen molar-refractivity contribution in [3.8, 4) is 22.5 Å². The zero-order valence-electron chi connectivity index (χ0n) is 37.6. The van der Waals surface area contributed by atoms with Crippen LogP contribution in [-0.4, -0.2) is 132 Å². The molecule has 3 aromatic heterocycles. The van der Waals surface area contributed by atoms with Crippen molar-refractivity contribution in [1.82, 2.24) is 40.1 Å². The number of benzene rings is 1. The van der Waals surface area contributed by atoms with Crippen LogP contribution in [0, 0.1) is 11.3 Å².